The maximum atomic E-state index is 14.8. The molecule has 0 amide bonds. The van der Waals surface area contributed by atoms with Crippen LogP contribution in [0.25, 0.3) is 0 Å². The Kier molecular flexibility index (Phi) is 7.90. The van der Waals surface area contributed by atoms with Crippen molar-refractivity contribution in [3.05, 3.63) is 24.2 Å². The standard InChI is InChI=1S/C12H20F2N3O12P3/c1-6-3-17(7(2)16-10(6)15)11-12(18,5-13)9(14)8(27-11)4-26-31(22,23)29-32(24,25)28-30(19,20)21/h3,8-9,11,18H,2,4-5H2,1H3,(H2,15,16)(H,22,23)(H,24,25)(H2,19,20,21)/t8-,9+,11-,12?/m1/s1. The van der Waals surface area contributed by atoms with Crippen LogP contribution < -0.4 is 5.73 Å². The van der Waals surface area contributed by atoms with Crippen molar-refractivity contribution in [1.29, 1.82) is 0 Å². The number of rotatable bonds is 9. The first-order chi connectivity index (χ1) is 14.4. The molecule has 184 valence electrons. The highest BCUT2D eigenvalue weighted by atomic mass is 31.3. The molecule has 0 saturated carbocycles. The van der Waals surface area contributed by atoms with E-state index in [1.54, 1.807) is 0 Å². The number of aliphatic hydroxyl groups is 1. The molecule has 0 radical (unpaired) electrons. The van der Waals surface area contributed by atoms with Crippen LogP contribution in [0.4, 0.5) is 8.78 Å². The van der Waals surface area contributed by atoms with E-state index in [0.29, 0.717) is 5.57 Å². The molecule has 0 aliphatic carbocycles. The summed E-state index contributed by atoms with van der Waals surface area (Å²) >= 11 is 0. The summed E-state index contributed by atoms with van der Waals surface area (Å²) in [5, 5.41) is 10.5. The Bertz CT molecular complexity index is 972. The second-order valence-corrected chi connectivity index (χ2v) is 11.0. The van der Waals surface area contributed by atoms with Gasteiger partial charge in [-0.3, -0.25) is 4.52 Å². The van der Waals surface area contributed by atoms with Crippen molar-refractivity contribution in [1.82, 2.24) is 4.90 Å². The van der Waals surface area contributed by atoms with E-state index in [-0.39, 0.29) is 11.7 Å². The fourth-order valence-electron chi connectivity index (χ4n) is 2.69. The van der Waals surface area contributed by atoms with Crippen molar-refractivity contribution in [2.45, 2.75) is 31.0 Å². The molecule has 20 heteroatoms. The fraction of sp³-hybridized carbons (Fsp3) is 0.583. The zero-order valence-corrected chi connectivity index (χ0v) is 18.8. The van der Waals surface area contributed by atoms with Crippen molar-refractivity contribution in [2.75, 3.05) is 13.3 Å². The van der Waals surface area contributed by atoms with Crippen molar-refractivity contribution in [2.24, 2.45) is 10.7 Å². The Morgan fingerprint density at radius 2 is 1.88 bits per heavy atom. The lowest BCUT2D eigenvalue weighted by Gasteiger charge is -2.36. The maximum Gasteiger partial charge on any atom is 0.490 e. The molecule has 32 heavy (non-hydrogen) atoms. The normalized spacial score (nSPS) is 32.8. The van der Waals surface area contributed by atoms with Crippen LogP contribution in [0.1, 0.15) is 6.92 Å². The predicted molar refractivity (Wildman–Crippen MR) is 101 cm³/mol. The van der Waals surface area contributed by atoms with Gasteiger partial charge in [0.2, 0.25) is 0 Å². The second kappa shape index (κ2) is 9.29. The van der Waals surface area contributed by atoms with Gasteiger partial charge in [-0.2, -0.15) is 8.62 Å². The third-order valence-electron chi connectivity index (χ3n) is 4.10. The number of aliphatic imine (C=N–C) groups is 1. The minimum atomic E-state index is -5.80. The fourth-order valence-corrected chi connectivity index (χ4v) is 5.72. The van der Waals surface area contributed by atoms with Gasteiger partial charge in [0.05, 0.1) is 6.61 Å². The van der Waals surface area contributed by atoms with Crippen LogP contribution in [-0.4, -0.2) is 72.8 Å². The molecular formula is C12H20F2N3O12P3. The van der Waals surface area contributed by atoms with E-state index >= 15 is 0 Å². The summed E-state index contributed by atoms with van der Waals surface area (Å²) in [5.41, 5.74) is 3.13. The molecule has 0 aromatic heterocycles. The molecule has 15 nitrogen and oxygen atoms in total. The number of amidine groups is 1. The molecule has 3 unspecified atom stereocenters. The minimum Gasteiger partial charge on any atom is -0.383 e. The van der Waals surface area contributed by atoms with Gasteiger partial charge in [0.1, 0.15) is 24.4 Å². The quantitative estimate of drug-likeness (QED) is 0.218. The summed E-state index contributed by atoms with van der Waals surface area (Å²) in [7, 11) is -17.0. The van der Waals surface area contributed by atoms with E-state index in [1.165, 1.54) is 13.1 Å². The molecule has 2 rings (SSSR count). The molecule has 2 aliphatic heterocycles. The van der Waals surface area contributed by atoms with E-state index in [0.717, 1.165) is 4.90 Å². The predicted octanol–water partition coefficient (Wildman–Crippen LogP) is 0.141. The Morgan fingerprint density at radius 1 is 1.28 bits per heavy atom. The lowest BCUT2D eigenvalue weighted by molar-refractivity contribution is -0.123. The number of nitrogens with zero attached hydrogens (tertiary/aromatic N) is 2. The van der Waals surface area contributed by atoms with E-state index in [4.69, 9.17) is 25.2 Å². The van der Waals surface area contributed by atoms with E-state index in [1.807, 2.05) is 0 Å². The van der Waals surface area contributed by atoms with Gasteiger partial charge in [-0.25, -0.2) is 27.5 Å². The lowest BCUT2D eigenvalue weighted by atomic mass is 9.96. The molecule has 2 aliphatic rings. The average molecular weight is 529 g/mol. The zero-order valence-electron chi connectivity index (χ0n) is 16.1. The highest BCUT2D eigenvalue weighted by molar-refractivity contribution is 7.66. The first kappa shape index (κ1) is 27.2. The smallest absolute Gasteiger partial charge is 0.383 e. The zero-order chi connectivity index (χ0) is 24.7. The molecule has 2 heterocycles. The van der Waals surface area contributed by atoms with Crippen molar-refractivity contribution < 1.29 is 65.0 Å². The Morgan fingerprint density at radius 3 is 2.41 bits per heavy atom. The molecular weight excluding hydrogens is 509 g/mol. The third-order valence-corrected chi connectivity index (χ3v) is 7.91. The van der Waals surface area contributed by atoms with Crippen LogP contribution in [0.2, 0.25) is 0 Å². The van der Waals surface area contributed by atoms with Crippen molar-refractivity contribution in [3.63, 3.8) is 0 Å². The van der Waals surface area contributed by atoms with Gasteiger partial charge >= 0.3 is 23.5 Å². The van der Waals surface area contributed by atoms with Crippen molar-refractivity contribution >= 4 is 29.3 Å². The molecule has 0 spiro atoms. The number of phosphoric ester groups is 1. The SMILES string of the molecule is C=C1N=C(N)C(C)=CN1[C@@H]1O[C@H](COP(=O)(O)OP(=O)(O)OP(=O)(O)O)[C@H](F)C1(O)CF. The average Bonchev–Trinajstić information content (AvgIpc) is 2.85. The Balaban J connectivity index is 2.15. The summed E-state index contributed by atoms with van der Waals surface area (Å²) in [4.78, 5) is 40.4. The van der Waals surface area contributed by atoms with Crippen LogP contribution in [0.5, 0.6) is 0 Å². The Hall–Kier alpha value is -1.06. The topological polar surface area (TPSA) is 231 Å². The molecule has 7 N–H and O–H groups in total. The summed E-state index contributed by atoms with van der Waals surface area (Å²) in [5.74, 6) is -0.0975. The van der Waals surface area contributed by atoms with Gasteiger partial charge in [-0.1, -0.05) is 6.58 Å². The summed E-state index contributed by atoms with van der Waals surface area (Å²) in [6, 6.07) is 0. The van der Waals surface area contributed by atoms with Gasteiger partial charge in [0, 0.05) is 11.8 Å². The van der Waals surface area contributed by atoms with Gasteiger partial charge in [0.15, 0.2) is 18.0 Å². The van der Waals surface area contributed by atoms with Crippen LogP contribution in [0.3, 0.4) is 0 Å². The summed E-state index contributed by atoms with van der Waals surface area (Å²) in [6.07, 6.45) is -5.02. The van der Waals surface area contributed by atoms with Crippen molar-refractivity contribution in [3.8, 4) is 0 Å². The van der Waals surface area contributed by atoms with E-state index < -0.39 is 60.9 Å². The third kappa shape index (κ3) is 6.29. The molecule has 0 bridgehead atoms. The van der Waals surface area contributed by atoms with E-state index in [9.17, 15) is 32.5 Å². The minimum absolute atomic E-state index is 0.0500. The molecule has 6 atom stereocenters. The molecule has 1 fully saturated rings. The van der Waals surface area contributed by atoms with Crippen LogP contribution in [-0.2, 0) is 31.6 Å². The highest BCUT2D eigenvalue weighted by Crippen LogP contribution is 2.66. The largest absolute Gasteiger partial charge is 0.490 e. The number of alkyl halides is 2. The lowest BCUT2D eigenvalue weighted by Crippen LogP contribution is -2.54. The van der Waals surface area contributed by atoms with Gasteiger partial charge in [-0.05, 0) is 6.92 Å². The summed E-state index contributed by atoms with van der Waals surface area (Å²) in [6.45, 7) is 2.12. The van der Waals surface area contributed by atoms with Gasteiger partial charge in [-0.15, -0.1) is 0 Å². The first-order valence-corrected chi connectivity index (χ1v) is 12.8. The molecule has 0 aromatic carbocycles. The van der Waals surface area contributed by atoms with Gasteiger partial charge in [0.25, 0.3) is 0 Å². The van der Waals surface area contributed by atoms with Crippen LogP contribution in [0, 0.1) is 0 Å². The molecule has 0 aromatic rings. The second-order valence-electron chi connectivity index (χ2n) is 6.57. The first-order valence-electron chi connectivity index (χ1n) is 8.27. The number of nitrogens with two attached hydrogens (primary N) is 1. The molecule has 1 saturated heterocycles. The Labute approximate surface area is 179 Å². The number of halogens is 2. The maximum absolute atomic E-state index is 14.8. The highest BCUT2D eigenvalue weighted by Gasteiger charge is 2.60. The summed E-state index contributed by atoms with van der Waals surface area (Å²) < 4.78 is 78.7. The van der Waals surface area contributed by atoms with E-state index in [2.05, 4.69) is 24.7 Å². The van der Waals surface area contributed by atoms with Gasteiger partial charge < -0.3 is 40.1 Å². The van der Waals surface area contributed by atoms with Crippen LogP contribution in [0.15, 0.2) is 29.2 Å². The number of phosphoric acid groups is 3. The monoisotopic (exact) mass is 529 g/mol. The van der Waals surface area contributed by atoms with Crippen LogP contribution >= 0.6 is 23.5 Å². The number of ether oxygens (including phenoxy) is 1. The number of hydrogen-bond donors (Lipinski definition) is 6. The number of hydrogen-bond acceptors (Lipinski definition) is 11.